The molecule has 4 atom stereocenters. The highest BCUT2D eigenvalue weighted by molar-refractivity contribution is 5.75. The van der Waals surface area contributed by atoms with Gasteiger partial charge in [0.25, 0.3) is 0 Å². The maximum Gasteiger partial charge on any atom is 0.0984 e. The fourth-order valence-corrected chi connectivity index (χ4v) is 6.46. The van der Waals surface area contributed by atoms with Gasteiger partial charge in [0.15, 0.2) is 0 Å². The zero-order valence-electron chi connectivity index (χ0n) is 22.8. The molecule has 0 aromatic heterocycles. The molecule has 0 aliphatic carbocycles. The summed E-state index contributed by atoms with van der Waals surface area (Å²) in [6.45, 7) is 11.9. The van der Waals surface area contributed by atoms with E-state index in [1.165, 1.54) is 33.9 Å². The number of fused-ring (bicyclic) bond motifs is 2. The third-order valence-electron chi connectivity index (χ3n) is 8.87. The van der Waals surface area contributed by atoms with Crippen LogP contribution in [0, 0.1) is 0 Å². The summed E-state index contributed by atoms with van der Waals surface area (Å²) >= 11 is 0. The third-order valence-corrected chi connectivity index (χ3v) is 8.87. The summed E-state index contributed by atoms with van der Waals surface area (Å²) in [7, 11) is 0. The Bertz CT molecular complexity index is 1100. The molecule has 4 fully saturated rings. The molecule has 2 aromatic carbocycles. The number of ether oxygens (including phenoxy) is 4. The van der Waals surface area contributed by atoms with E-state index in [4.69, 9.17) is 18.9 Å². The van der Waals surface area contributed by atoms with Crippen molar-refractivity contribution in [3.05, 3.63) is 47.5 Å². The van der Waals surface area contributed by atoms with Gasteiger partial charge in [-0.1, -0.05) is 12.1 Å². The molecule has 6 aliphatic rings. The van der Waals surface area contributed by atoms with E-state index in [-0.39, 0.29) is 0 Å². The van der Waals surface area contributed by atoms with Gasteiger partial charge in [0.1, 0.15) is 0 Å². The molecule has 8 rings (SSSR count). The highest BCUT2D eigenvalue weighted by Gasteiger charge is 2.33. The van der Waals surface area contributed by atoms with E-state index in [0.29, 0.717) is 24.4 Å². The van der Waals surface area contributed by atoms with Crippen molar-refractivity contribution in [1.82, 2.24) is 0 Å². The molecule has 6 heterocycles. The molecule has 0 N–H and O–H groups in total. The molecule has 8 heteroatoms. The molecule has 0 bridgehead atoms. The molecule has 0 radical (unpaired) electrons. The van der Waals surface area contributed by atoms with Gasteiger partial charge >= 0.3 is 0 Å². The Kier molecular flexibility index (Phi) is 6.32. The Balaban J connectivity index is 1.08. The van der Waals surface area contributed by atoms with E-state index in [9.17, 15) is 0 Å². The van der Waals surface area contributed by atoms with Crippen LogP contribution >= 0.6 is 0 Å². The minimum absolute atomic E-state index is 0.384. The lowest BCUT2D eigenvalue weighted by molar-refractivity contribution is 0.405. The first-order valence-electron chi connectivity index (χ1n) is 15.0. The van der Waals surface area contributed by atoms with Crippen molar-refractivity contribution >= 4 is 22.7 Å². The van der Waals surface area contributed by atoms with E-state index in [1.54, 1.807) is 0 Å². The maximum absolute atomic E-state index is 5.64. The Morgan fingerprint density at radius 2 is 0.821 bits per heavy atom. The number of hydrogen-bond donors (Lipinski definition) is 0. The predicted octanol–water partition coefficient (Wildman–Crippen LogP) is 2.91. The molecule has 0 saturated carbocycles. The van der Waals surface area contributed by atoms with Gasteiger partial charge in [-0.15, -0.1) is 0 Å². The SMILES string of the molecule is c1cc2c(cc1Cc1ccc3c(c1)N(CC1CO1)CCCN3CC1CO1)N(CC1CO1)CCCN2CC1CO1. The van der Waals surface area contributed by atoms with Crippen LogP contribution in [0.1, 0.15) is 24.0 Å². The average Bonchev–Trinajstić information content (AvgIpc) is 3.76. The second-order valence-electron chi connectivity index (χ2n) is 12.1. The van der Waals surface area contributed by atoms with Crippen molar-refractivity contribution < 1.29 is 18.9 Å². The van der Waals surface area contributed by atoms with Crippen LogP contribution in [0.2, 0.25) is 0 Å². The number of rotatable bonds is 10. The number of benzene rings is 2. The summed E-state index contributed by atoms with van der Waals surface area (Å²) in [6, 6.07) is 14.3. The second kappa shape index (κ2) is 10.1. The average molecular weight is 533 g/mol. The van der Waals surface area contributed by atoms with Crippen LogP contribution in [-0.2, 0) is 25.4 Å². The van der Waals surface area contributed by atoms with Crippen LogP contribution in [0.4, 0.5) is 22.7 Å². The molecular formula is C31H40N4O4. The number of nitrogens with zero attached hydrogens (tertiary/aromatic N) is 4. The van der Waals surface area contributed by atoms with Gasteiger partial charge in [0.05, 0.1) is 73.6 Å². The third kappa shape index (κ3) is 5.71. The summed E-state index contributed by atoms with van der Waals surface area (Å²) in [5.74, 6) is 0. The maximum atomic E-state index is 5.64. The minimum Gasteiger partial charge on any atom is -0.371 e. The van der Waals surface area contributed by atoms with Crippen LogP contribution in [0.3, 0.4) is 0 Å². The second-order valence-corrected chi connectivity index (χ2v) is 12.1. The summed E-state index contributed by atoms with van der Waals surface area (Å²) < 4.78 is 22.5. The van der Waals surface area contributed by atoms with Crippen molar-refractivity contribution in [3.8, 4) is 0 Å². The van der Waals surface area contributed by atoms with Crippen LogP contribution < -0.4 is 19.6 Å². The monoisotopic (exact) mass is 532 g/mol. The van der Waals surface area contributed by atoms with Crippen LogP contribution in [0.25, 0.3) is 0 Å². The zero-order chi connectivity index (χ0) is 25.8. The van der Waals surface area contributed by atoms with Crippen molar-refractivity contribution in [2.24, 2.45) is 0 Å². The van der Waals surface area contributed by atoms with E-state index < -0.39 is 0 Å². The van der Waals surface area contributed by atoms with Crippen LogP contribution in [-0.4, -0.2) is 103 Å². The van der Waals surface area contributed by atoms with Crippen molar-refractivity contribution in [1.29, 1.82) is 0 Å². The molecule has 4 unspecified atom stereocenters. The summed E-state index contributed by atoms with van der Waals surface area (Å²) in [5, 5.41) is 0. The van der Waals surface area contributed by atoms with Crippen LogP contribution in [0.15, 0.2) is 36.4 Å². The molecule has 39 heavy (non-hydrogen) atoms. The summed E-state index contributed by atoms with van der Waals surface area (Å²) in [5.41, 5.74) is 8.16. The Morgan fingerprint density at radius 1 is 0.487 bits per heavy atom. The first-order valence-corrected chi connectivity index (χ1v) is 15.0. The lowest BCUT2D eigenvalue weighted by Crippen LogP contribution is -2.28. The quantitative estimate of drug-likeness (QED) is 0.433. The van der Waals surface area contributed by atoms with Crippen LogP contribution in [0.5, 0.6) is 0 Å². The largest absolute Gasteiger partial charge is 0.371 e. The number of epoxide rings is 4. The highest BCUT2D eigenvalue weighted by Crippen LogP contribution is 2.38. The molecule has 8 nitrogen and oxygen atoms in total. The minimum atomic E-state index is 0.384. The van der Waals surface area contributed by atoms with Crippen molar-refractivity contribution in [2.45, 2.75) is 43.7 Å². The van der Waals surface area contributed by atoms with Crippen molar-refractivity contribution in [2.75, 3.05) is 98.4 Å². The first-order chi connectivity index (χ1) is 19.2. The lowest BCUT2D eigenvalue weighted by Gasteiger charge is -2.29. The molecule has 0 spiro atoms. The normalized spacial score (nSPS) is 28.9. The number of anilines is 4. The van der Waals surface area contributed by atoms with Gasteiger partial charge in [-0.2, -0.15) is 0 Å². The number of hydrogen-bond acceptors (Lipinski definition) is 8. The smallest absolute Gasteiger partial charge is 0.0984 e. The molecule has 6 aliphatic heterocycles. The zero-order valence-corrected chi connectivity index (χ0v) is 22.8. The predicted molar refractivity (Wildman–Crippen MR) is 153 cm³/mol. The van der Waals surface area contributed by atoms with E-state index in [0.717, 1.165) is 98.0 Å². The topological polar surface area (TPSA) is 63.1 Å². The lowest BCUT2D eigenvalue weighted by atomic mass is 10.0. The van der Waals surface area contributed by atoms with E-state index in [2.05, 4.69) is 56.0 Å². The Hall–Kier alpha value is -2.52. The van der Waals surface area contributed by atoms with Crippen molar-refractivity contribution in [3.63, 3.8) is 0 Å². The fraction of sp³-hybridized carbons (Fsp3) is 0.613. The summed E-state index contributed by atoms with van der Waals surface area (Å²) in [6.07, 6.45) is 4.81. The summed E-state index contributed by atoms with van der Waals surface area (Å²) in [4.78, 5) is 10.2. The molecular weight excluding hydrogens is 492 g/mol. The van der Waals surface area contributed by atoms with E-state index >= 15 is 0 Å². The highest BCUT2D eigenvalue weighted by atomic mass is 16.6. The van der Waals surface area contributed by atoms with Gasteiger partial charge in [0, 0.05) is 52.4 Å². The van der Waals surface area contributed by atoms with Gasteiger partial charge < -0.3 is 38.5 Å². The van der Waals surface area contributed by atoms with Gasteiger partial charge in [-0.05, 0) is 54.7 Å². The molecule has 208 valence electrons. The van der Waals surface area contributed by atoms with E-state index in [1.807, 2.05) is 0 Å². The van der Waals surface area contributed by atoms with Gasteiger partial charge in [0.2, 0.25) is 0 Å². The standard InChI is InChI=1S/C31H40N4O4/c1-7-32(14-24-18-36-24)28-5-3-22(12-30(28)34(9-1)16-26-20-38-26)11-23-4-6-29-31(13-23)35(17-27-21-39-27)10-2-8-33(29)15-25-19-37-25/h3-6,12-13,24-27H,1-2,7-11,14-21H2. The Labute approximate surface area is 231 Å². The fourth-order valence-electron chi connectivity index (χ4n) is 6.46. The van der Waals surface area contributed by atoms with Gasteiger partial charge in [-0.25, -0.2) is 0 Å². The first kappa shape index (κ1) is 24.3. The van der Waals surface area contributed by atoms with Gasteiger partial charge in [-0.3, -0.25) is 0 Å². The molecule has 2 aromatic rings. The molecule has 0 amide bonds. The Morgan fingerprint density at radius 3 is 1.15 bits per heavy atom. The molecule has 4 saturated heterocycles.